The highest BCUT2D eigenvalue weighted by molar-refractivity contribution is 9.25. The van der Waals surface area contributed by atoms with E-state index in [1.165, 1.54) is 24.3 Å². The molecule has 0 saturated heterocycles. The van der Waals surface area contributed by atoms with Crippen LogP contribution in [0.15, 0.2) is 52.3 Å². The maximum atomic E-state index is 11.9. The number of allylic oxidation sites excluding steroid dienone is 4. The SMILES string of the molecule is O=S(=O)(Cl)C1=CC(Br)(Br)C=CC1c1ccccc1S(=O)(=O)Cl. The van der Waals surface area contributed by atoms with Crippen molar-refractivity contribution in [2.75, 3.05) is 0 Å². The van der Waals surface area contributed by atoms with Gasteiger partial charge in [0, 0.05) is 27.3 Å². The Kier molecular flexibility index (Phi) is 5.22. The predicted octanol–water partition coefficient (Wildman–Crippen LogP) is 4.21. The van der Waals surface area contributed by atoms with E-state index in [-0.39, 0.29) is 15.4 Å². The average Bonchev–Trinajstić information content (AvgIpc) is 2.36. The van der Waals surface area contributed by atoms with Crippen molar-refractivity contribution < 1.29 is 16.8 Å². The van der Waals surface area contributed by atoms with Gasteiger partial charge in [-0.25, -0.2) is 16.8 Å². The van der Waals surface area contributed by atoms with E-state index >= 15 is 0 Å². The summed E-state index contributed by atoms with van der Waals surface area (Å²) >= 11 is 6.54. The Hall–Kier alpha value is 0.140. The monoisotopic (exact) mass is 508 g/mol. The number of hydrogen-bond donors (Lipinski definition) is 0. The van der Waals surface area contributed by atoms with Crippen molar-refractivity contribution in [2.45, 2.75) is 14.0 Å². The first-order valence-corrected chi connectivity index (χ1v) is 11.9. The fourth-order valence-corrected chi connectivity index (χ4v) is 5.58. The summed E-state index contributed by atoms with van der Waals surface area (Å²) in [5.41, 5.74) is 0.236. The van der Waals surface area contributed by atoms with Crippen LogP contribution in [0, 0.1) is 0 Å². The molecule has 1 aromatic rings. The molecule has 0 spiro atoms. The molecule has 0 aliphatic heterocycles. The molecule has 1 aliphatic rings. The van der Waals surface area contributed by atoms with Crippen LogP contribution in [0.4, 0.5) is 0 Å². The molecule has 120 valence electrons. The van der Waals surface area contributed by atoms with Gasteiger partial charge in [0.15, 0.2) is 0 Å². The molecule has 0 fully saturated rings. The lowest BCUT2D eigenvalue weighted by Crippen LogP contribution is -2.18. The van der Waals surface area contributed by atoms with Crippen LogP contribution in [0.2, 0.25) is 0 Å². The minimum absolute atomic E-state index is 0.141. The van der Waals surface area contributed by atoms with E-state index in [0.29, 0.717) is 0 Å². The third-order valence-corrected chi connectivity index (χ3v) is 6.80. The Labute approximate surface area is 154 Å². The molecular weight excluding hydrogens is 503 g/mol. The van der Waals surface area contributed by atoms with E-state index in [4.69, 9.17) is 21.4 Å². The molecule has 1 atom stereocenters. The van der Waals surface area contributed by atoms with Gasteiger partial charge in [-0.3, -0.25) is 0 Å². The van der Waals surface area contributed by atoms with E-state index in [0.717, 1.165) is 0 Å². The average molecular weight is 511 g/mol. The molecule has 0 saturated carbocycles. The highest BCUT2D eigenvalue weighted by Crippen LogP contribution is 2.44. The van der Waals surface area contributed by atoms with Crippen LogP contribution in [-0.2, 0) is 18.1 Å². The van der Waals surface area contributed by atoms with Gasteiger partial charge in [-0.1, -0.05) is 62.2 Å². The molecule has 0 bridgehead atoms. The second-order valence-corrected chi connectivity index (χ2v) is 13.3. The van der Waals surface area contributed by atoms with E-state index in [1.54, 1.807) is 18.2 Å². The molecule has 0 aromatic heterocycles. The van der Waals surface area contributed by atoms with Gasteiger partial charge < -0.3 is 0 Å². The molecule has 10 heteroatoms. The first-order valence-electron chi connectivity index (χ1n) is 5.70. The van der Waals surface area contributed by atoms with Gasteiger partial charge in [-0.2, -0.15) is 0 Å². The zero-order chi connectivity index (χ0) is 16.8. The van der Waals surface area contributed by atoms with Crippen molar-refractivity contribution in [3.63, 3.8) is 0 Å². The fraction of sp³-hybridized carbons (Fsp3) is 0.167. The summed E-state index contributed by atoms with van der Waals surface area (Å²) in [5.74, 6) is -0.851. The lowest BCUT2D eigenvalue weighted by atomic mass is 9.94. The largest absolute Gasteiger partial charge is 0.261 e. The maximum Gasteiger partial charge on any atom is 0.261 e. The van der Waals surface area contributed by atoms with E-state index in [9.17, 15) is 16.8 Å². The molecule has 4 nitrogen and oxygen atoms in total. The summed E-state index contributed by atoms with van der Waals surface area (Å²) in [6, 6.07) is 5.91. The van der Waals surface area contributed by atoms with Gasteiger partial charge in [0.25, 0.3) is 18.1 Å². The topological polar surface area (TPSA) is 68.3 Å². The smallest absolute Gasteiger partial charge is 0.207 e. The Bertz CT molecular complexity index is 874. The fourth-order valence-electron chi connectivity index (χ4n) is 2.09. The normalized spacial score (nSPS) is 21.5. The van der Waals surface area contributed by atoms with Crippen LogP contribution in [-0.4, -0.2) is 20.1 Å². The van der Waals surface area contributed by atoms with Crippen LogP contribution in [0.5, 0.6) is 0 Å². The minimum Gasteiger partial charge on any atom is -0.207 e. The zero-order valence-electron chi connectivity index (χ0n) is 10.6. The third-order valence-electron chi connectivity index (χ3n) is 2.95. The van der Waals surface area contributed by atoms with Crippen molar-refractivity contribution in [3.8, 4) is 0 Å². The molecular formula is C12H8Br2Cl2O4S2. The first-order chi connectivity index (χ1) is 9.92. The molecule has 1 aromatic carbocycles. The van der Waals surface area contributed by atoms with Crippen molar-refractivity contribution in [3.05, 3.63) is 53.0 Å². The first kappa shape index (κ1) is 18.5. The highest BCUT2D eigenvalue weighted by Gasteiger charge is 2.34. The van der Waals surface area contributed by atoms with Crippen LogP contribution in [0.25, 0.3) is 0 Å². The van der Waals surface area contributed by atoms with E-state index in [2.05, 4.69) is 31.9 Å². The lowest BCUT2D eigenvalue weighted by Gasteiger charge is -2.25. The van der Waals surface area contributed by atoms with Crippen LogP contribution in [0.3, 0.4) is 0 Å². The second kappa shape index (κ2) is 6.22. The molecule has 2 rings (SSSR count). The van der Waals surface area contributed by atoms with E-state index < -0.39 is 27.3 Å². The van der Waals surface area contributed by atoms with Crippen LogP contribution >= 0.6 is 53.2 Å². The number of rotatable bonds is 3. The molecule has 1 unspecified atom stereocenters. The summed E-state index contributed by atoms with van der Waals surface area (Å²) in [7, 11) is 2.82. The number of halogens is 4. The Balaban J connectivity index is 2.71. The van der Waals surface area contributed by atoms with Crippen LogP contribution in [0.1, 0.15) is 11.5 Å². The Morgan fingerprint density at radius 1 is 1.00 bits per heavy atom. The second-order valence-electron chi connectivity index (χ2n) is 4.47. The highest BCUT2D eigenvalue weighted by atomic mass is 79.9. The van der Waals surface area contributed by atoms with Crippen molar-refractivity contribution in [2.24, 2.45) is 0 Å². The summed E-state index contributed by atoms with van der Waals surface area (Å²) in [4.78, 5) is -0.299. The van der Waals surface area contributed by atoms with E-state index in [1.807, 2.05) is 0 Å². The van der Waals surface area contributed by atoms with Gasteiger partial charge in [-0.15, -0.1) is 0 Å². The molecule has 0 N–H and O–H groups in total. The third kappa shape index (κ3) is 4.15. The summed E-state index contributed by atoms with van der Waals surface area (Å²) in [5, 5.41) is 0. The van der Waals surface area contributed by atoms with Gasteiger partial charge in [0.2, 0.25) is 0 Å². The van der Waals surface area contributed by atoms with Crippen LogP contribution < -0.4 is 0 Å². The Morgan fingerprint density at radius 2 is 1.59 bits per heavy atom. The minimum atomic E-state index is -4.07. The quantitative estimate of drug-likeness (QED) is 0.347. The molecule has 1 aliphatic carbocycles. The standard InChI is InChI=1S/C12H8Br2Cl2O4S2/c13-12(14)6-5-9(11(7-12)22(16,19)20)8-3-1-2-4-10(8)21(15,17)18/h1-7,9H. The predicted molar refractivity (Wildman–Crippen MR) is 94.8 cm³/mol. The van der Waals surface area contributed by atoms with Gasteiger partial charge in [0.05, 0.1) is 9.80 Å². The molecule has 22 heavy (non-hydrogen) atoms. The number of alkyl halides is 2. The molecule has 0 radical (unpaired) electrons. The summed E-state index contributed by atoms with van der Waals surface area (Å²) in [6.45, 7) is 0. The number of benzene rings is 1. The summed E-state index contributed by atoms with van der Waals surface area (Å²) < 4.78 is 46.2. The lowest BCUT2D eigenvalue weighted by molar-refractivity contribution is 0.605. The van der Waals surface area contributed by atoms with Crippen molar-refractivity contribution in [1.82, 2.24) is 0 Å². The van der Waals surface area contributed by atoms with Gasteiger partial charge in [0.1, 0.15) is 3.23 Å². The molecule has 0 heterocycles. The molecule has 0 amide bonds. The number of hydrogen-bond acceptors (Lipinski definition) is 4. The zero-order valence-corrected chi connectivity index (χ0v) is 16.9. The van der Waals surface area contributed by atoms with Gasteiger partial charge >= 0.3 is 0 Å². The Morgan fingerprint density at radius 3 is 2.14 bits per heavy atom. The van der Waals surface area contributed by atoms with Crippen molar-refractivity contribution in [1.29, 1.82) is 0 Å². The maximum absolute atomic E-state index is 11.9. The van der Waals surface area contributed by atoms with Gasteiger partial charge in [-0.05, 0) is 17.7 Å². The van der Waals surface area contributed by atoms with Crippen molar-refractivity contribution >= 4 is 71.3 Å². The summed E-state index contributed by atoms with van der Waals surface area (Å²) in [6.07, 6.45) is 4.54.